The first-order valence-electron chi connectivity index (χ1n) is 8.23. The molecule has 6 heteroatoms. The van der Waals surface area contributed by atoms with Crippen molar-refractivity contribution >= 4 is 16.9 Å². The average Bonchev–Trinajstić information content (AvgIpc) is 2.86. The van der Waals surface area contributed by atoms with Crippen molar-refractivity contribution in [1.29, 1.82) is 0 Å². The summed E-state index contributed by atoms with van der Waals surface area (Å²) in [5.74, 6) is -0.0205. The molecule has 3 rings (SSSR count). The molecule has 1 atom stereocenters. The van der Waals surface area contributed by atoms with Crippen molar-refractivity contribution < 1.29 is 9.53 Å². The van der Waals surface area contributed by atoms with Gasteiger partial charge < -0.3 is 9.64 Å². The molecule has 6 nitrogen and oxygen atoms in total. The van der Waals surface area contributed by atoms with Gasteiger partial charge in [-0.3, -0.25) is 13.9 Å². The number of fused-ring (bicyclic) bond motifs is 1. The van der Waals surface area contributed by atoms with Gasteiger partial charge in [-0.1, -0.05) is 19.1 Å². The van der Waals surface area contributed by atoms with Crippen molar-refractivity contribution in [2.24, 2.45) is 0 Å². The van der Waals surface area contributed by atoms with Gasteiger partial charge in [0.25, 0.3) is 0 Å². The number of carbonyl (C=O) groups is 1. The Bertz CT molecular complexity index is 762. The van der Waals surface area contributed by atoms with Crippen LogP contribution in [0, 0.1) is 0 Å². The maximum absolute atomic E-state index is 12.6. The predicted octanol–water partition coefficient (Wildman–Crippen LogP) is 1.46. The molecule has 0 saturated carbocycles. The van der Waals surface area contributed by atoms with Crippen LogP contribution in [0.25, 0.3) is 11.0 Å². The highest BCUT2D eigenvalue weighted by Crippen LogP contribution is 2.14. The highest BCUT2D eigenvalue weighted by Gasteiger charge is 2.24. The first kappa shape index (κ1) is 15.8. The molecule has 2 heterocycles. The molecule has 0 bridgehead atoms. The number of aromatic nitrogens is 2. The highest BCUT2D eigenvalue weighted by atomic mass is 16.5. The van der Waals surface area contributed by atoms with E-state index in [4.69, 9.17) is 4.74 Å². The van der Waals surface area contributed by atoms with Gasteiger partial charge in [0.05, 0.1) is 23.7 Å². The standard InChI is InChI=1S/C17H23N3O3/c1-3-13-11-18(9-10-23-13)16(21)12-20-15-8-6-5-7-14(15)19(4-2)17(20)22/h5-8,13H,3-4,9-12H2,1-2H3/t13-/m1/s1. The number of hydrogen-bond acceptors (Lipinski definition) is 3. The minimum atomic E-state index is -0.123. The third-order valence-electron chi connectivity index (χ3n) is 4.48. The van der Waals surface area contributed by atoms with E-state index in [1.807, 2.05) is 36.1 Å². The molecule has 0 unspecified atom stereocenters. The monoisotopic (exact) mass is 317 g/mol. The van der Waals surface area contributed by atoms with Crippen molar-refractivity contribution in [3.63, 3.8) is 0 Å². The number of benzene rings is 1. The molecule has 0 spiro atoms. The van der Waals surface area contributed by atoms with Gasteiger partial charge in [-0.05, 0) is 25.5 Å². The largest absolute Gasteiger partial charge is 0.375 e. The lowest BCUT2D eigenvalue weighted by Gasteiger charge is -2.32. The molecule has 124 valence electrons. The smallest absolute Gasteiger partial charge is 0.329 e. The number of carbonyl (C=O) groups excluding carboxylic acids is 1. The summed E-state index contributed by atoms with van der Waals surface area (Å²) in [5, 5.41) is 0. The Morgan fingerprint density at radius 1 is 1.22 bits per heavy atom. The van der Waals surface area contributed by atoms with E-state index in [0.29, 0.717) is 26.2 Å². The molecule has 23 heavy (non-hydrogen) atoms. The summed E-state index contributed by atoms with van der Waals surface area (Å²) >= 11 is 0. The fourth-order valence-electron chi connectivity index (χ4n) is 3.16. The zero-order valence-corrected chi connectivity index (χ0v) is 13.7. The Hall–Kier alpha value is -2.08. The van der Waals surface area contributed by atoms with Gasteiger partial charge in [-0.15, -0.1) is 0 Å². The second-order valence-corrected chi connectivity index (χ2v) is 5.84. The van der Waals surface area contributed by atoms with Crippen molar-refractivity contribution in [3.8, 4) is 0 Å². The molecule has 1 aliphatic heterocycles. The fourth-order valence-corrected chi connectivity index (χ4v) is 3.16. The molecule has 0 radical (unpaired) electrons. The number of nitrogens with zero attached hydrogens (tertiary/aromatic N) is 3. The van der Waals surface area contributed by atoms with Gasteiger partial charge in [0, 0.05) is 19.6 Å². The molecular formula is C17H23N3O3. The maximum Gasteiger partial charge on any atom is 0.329 e. The van der Waals surface area contributed by atoms with Gasteiger partial charge in [0.2, 0.25) is 5.91 Å². The number of rotatable bonds is 4. The van der Waals surface area contributed by atoms with E-state index in [9.17, 15) is 9.59 Å². The predicted molar refractivity (Wildman–Crippen MR) is 88.5 cm³/mol. The van der Waals surface area contributed by atoms with Crippen molar-refractivity contribution in [2.75, 3.05) is 19.7 Å². The Morgan fingerprint density at radius 2 is 1.91 bits per heavy atom. The minimum absolute atomic E-state index is 0.0205. The van der Waals surface area contributed by atoms with E-state index in [0.717, 1.165) is 17.5 Å². The van der Waals surface area contributed by atoms with Gasteiger partial charge in [0.15, 0.2) is 0 Å². The molecule has 2 aromatic rings. The number of imidazole rings is 1. The number of morpholine rings is 1. The summed E-state index contributed by atoms with van der Waals surface area (Å²) in [7, 11) is 0. The molecule has 0 N–H and O–H groups in total. The summed E-state index contributed by atoms with van der Waals surface area (Å²) in [6.07, 6.45) is 0.986. The van der Waals surface area contributed by atoms with Crippen LogP contribution in [0.4, 0.5) is 0 Å². The molecule has 1 aliphatic rings. The molecule has 1 saturated heterocycles. The van der Waals surface area contributed by atoms with Crippen LogP contribution in [0.2, 0.25) is 0 Å². The fraction of sp³-hybridized carbons (Fsp3) is 0.529. The second-order valence-electron chi connectivity index (χ2n) is 5.84. The zero-order chi connectivity index (χ0) is 16.4. The molecule has 1 fully saturated rings. The number of hydrogen-bond donors (Lipinski definition) is 0. The summed E-state index contributed by atoms with van der Waals surface area (Å²) in [6, 6.07) is 7.62. The van der Waals surface area contributed by atoms with E-state index in [2.05, 4.69) is 6.92 Å². The van der Waals surface area contributed by atoms with Crippen LogP contribution in [-0.4, -0.2) is 45.7 Å². The maximum atomic E-state index is 12.6. The minimum Gasteiger partial charge on any atom is -0.375 e. The Kier molecular flexibility index (Phi) is 4.52. The SMILES string of the molecule is CC[C@@H]1CN(C(=O)Cn2c(=O)n(CC)c3ccccc32)CCO1. The van der Waals surface area contributed by atoms with Gasteiger partial charge in [-0.25, -0.2) is 4.79 Å². The van der Waals surface area contributed by atoms with Gasteiger partial charge >= 0.3 is 5.69 Å². The number of para-hydroxylation sites is 2. The second kappa shape index (κ2) is 6.58. The lowest BCUT2D eigenvalue weighted by molar-refractivity contribution is -0.139. The zero-order valence-electron chi connectivity index (χ0n) is 13.7. The van der Waals surface area contributed by atoms with E-state index in [1.165, 1.54) is 0 Å². The Labute approximate surface area is 135 Å². The van der Waals surface area contributed by atoms with Crippen LogP contribution in [0.3, 0.4) is 0 Å². The van der Waals surface area contributed by atoms with Crippen LogP contribution in [-0.2, 0) is 22.6 Å². The summed E-state index contributed by atoms with van der Waals surface area (Å²) < 4.78 is 8.89. The summed E-state index contributed by atoms with van der Waals surface area (Å²) in [5.41, 5.74) is 1.57. The highest BCUT2D eigenvalue weighted by molar-refractivity contribution is 5.81. The normalized spacial score (nSPS) is 18.5. The van der Waals surface area contributed by atoms with E-state index in [-0.39, 0.29) is 24.2 Å². The number of ether oxygens (including phenoxy) is 1. The third-order valence-corrected chi connectivity index (χ3v) is 4.48. The average molecular weight is 317 g/mol. The topological polar surface area (TPSA) is 56.5 Å². The lowest BCUT2D eigenvalue weighted by Crippen LogP contribution is -2.47. The van der Waals surface area contributed by atoms with Crippen LogP contribution in [0.5, 0.6) is 0 Å². The van der Waals surface area contributed by atoms with Gasteiger partial charge in [-0.2, -0.15) is 0 Å². The number of aryl methyl sites for hydroxylation is 1. The van der Waals surface area contributed by atoms with Gasteiger partial charge in [0.1, 0.15) is 6.54 Å². The Morgan fingerprint density at radius 3 is 2.57 bits per heavy atom. The van der Waals surface area contributed by atoms with Crippen LogP contribution < -0.4 is 5.69 Å². The summed E-state index contributed by atoms with van der Waals surface area (Å²) in [6.45, 7) is 6.44. The molecule has 0 aliphatic carbocycles. The summed E-state index contributed by atoms with van der Waals surface area (Å²) in [4.78, 5) is 27.0. The van der Waals surface area contributed by atoms with Crippen molar-refractivity contribution in [3.05, 3.63) is 34.7 Å². The quantitative estimate of drug-likeness (QED) is 0.858. The molecule has 1 amide bonds. The van der Waals surface area contributed by atoms with Crippen molar-refractivity contribution in [1.82, 2.24) is 14.0 Å². The lowest BCUT2D eigenvalue weighted by atomic mass is 10.2. The van der Waals surface area contributed by atoms with E-state index >= 15 is 0 Å². The van der Waals surface area contributed by atoms with E-state index in [1.54, 1.807) is 9.13 Å². The third kappa shape index (κ3) is 2.91. The first-order chi connectivity index (χ1) is 11.2. The van der Waals surface area contributed by atoms with Crippen LogP contribution in [0.1, 0.15) is 20.3 Å². The number of amides is 1. The molecule has 1 aromatic carbocycles. The molecule has 1 aromatic heterocycles. The van der Waals surface area contributed by atoms with Crippen LogP contribution >= 0.6 is 0 Å². The van der Waals surface area contributed by atoms with Crippen LogP contribution in [0.15, 0.2) is 29.1 Å². The Balaban J connectivity index is 1.88. The molecular weight excluding hydrogens is 294 g/mol. The van der Waals surface area contributed by atoms with Crippen molar-refractivity contribution in [2.45, 2.75) is 39.5 Å². The van der Waals surface area contributed by atoms with E-state index < -0.39 is 0 Å². The first-order valence-corrected chi connectivity index (χ1v) is 8.23.